The third-order valence-electron chi connectivity index (χ3n) is 4.79. The number of anilines is 1. The van der Waals surface area contributed by atoms with Crippen LogP contribution in [0.1, 0.15) is 19.3 Å². The van der Waals surface area contributed by atoms with Crippen LogP contribution >= 0.6 is 0 Å². The van der Waals surface area contributed by atoms with Gasteiger partial charge in [0.05, 0.1) is 35.5 Å². The molecule has 1 N–H and O–H groups in total. The molecule has 6 nitrogen and oxygen atoms in total. The van der Waals surface area contributed by atoms with E-state index in [-0.39, 0.29) is 0 Å². The van der Waals surface area contributed by atoms with Gasteiger partial charge in [-0.1, -0.05) is 18.2 Å². The highest BCUT2D eigenvalue weighted by molar-refractivity contribution is 5.87. The molecule has 0 saturated carbocycles. The van der Waals surface area contributed by atoms with Gasteiger partial charge >= 0.3 is 0 Å². The van der Waals surface area contributed by atoms with E-state index in [0.29, 0.717) is 18.2 Å². The van der Waals surface area contributed by atoms with Gasteiger partial charge in [0.1, 0.15) is 12.1 Å². The van der Waals surface area contributed by atoms with E-state index in [1.807, 2.05) is 41.2 Å². The summed E-state index contributed by atoms with van der Waals surface area (Å²) >= 11 is 0. The molecule has 4 heterocycles. The lowest BCUT2D eigenvalue weighted by atomic mass is 9.95. The predicted octanol–water partition coefficient (Wildman–Crippen LogP) is 2.55. The van der Waals surface area contributed by atoms with E-state index in [9.17, 15) is 0 Å². The normalized spacial score (nSPS) is 26.0. The van der Waals surface area contributed by atoms with Crippen LogP contribution in [0.15, 0.2) is 42.9 Å². The summed E-state index contributed by atoms with van der Waals surface area (Å²) in [6.07, 6.45) is 7.55. The second kappa shape index (κ2) is 5.03. The molecule has 6 heteroatoms. The molecular weight excluding hydrogens is 290 g/mol. The fourth-order valence-corrected chi connectivity index (χ4v) is 3.68. The lowest BCUT2D eigenvalue weighted by molar-refractivity contribution is 0.102. The fourth-order valence-electron chi connectivity index (χ4n) is 3.68. The van der Waals surface area contributed by atoms with E-state index in [1.165, 1.54) is 6.42 Å². The highest BCUT2D eigenvalue weighted by Crippen LogP contribution is 2.36. The molecule has 3 unspecified atom stereocenters. The summed E-state index contributed by atoms with van der Waals surface area (Å²) in [4.78, 5) is 8.85. The first kappa shape index (κ1) is 13.0. The molecule has 0 aliphatic carbocycles. The van der Waals surface area contributed by atoms with Crippen molar-refractivity contribution in [2.75, 3.05) is 5.32 Å². The van der Waals surface area contributed by atoms with Gasteiger partial charge in [0.2, 0.25) is 0 Å². The topological polar surface area (TPSA) is 64.9 Å². The standard InChI is InChI=1S/C17H17N5O/c1-2-4-11(5-3-1)22-17-13(9-20-22)16(18-10-19-17)21-14-8-12-6-7-15(14)23-12/h1-5,9-10,12,14-15H,6-8H2,(H,18,19,21). The summed E-state index contributed by atoms with van der Waals surface area (Å²) in [7, 11) is 0. The maximum Gasteiger partial charge on any atom is 0.168 e. The van der Waals surface area contributed by atoms with Crippen LogP contribution in [0, 0.1) is 0 Å². The van der Waals surface area contributed by atoms with E-state index in [2.05, 4.69) is 20.4 Å². The molecule has 2 fully saturated rings. The molecule has 2 aliphatic heterocycles. The number of rotatable bonds is 3. The van der Waals surface area contributed by atoms with Crippen molar-refractivity contribution in [3.05, 3.63) is 42.9 Å². The van der Waals surface area contributed by atoms with Crippen molar-refractivity contribution in [2.24, 2.45) is 0 Å². The predicted molar refractivity (Wildman–Crippen MR) is 86.6 cm³/mol. The molecule has 116 valence electrons. The molecule has 0 amide bonds. The van der Waals surface area contributed by atoms with Crippen molar-refractivity contribution in [1.82, 2.24) is 19.7 Å². The zero-order chi connectivity index (χ0) is 15.2. The number of benzene rings is 1. The number of fused-ring (bicyclic) bond motifs is 3. The lowest BCUT2D eigenvalue weighted by Gasteiger charge is -2.20. The molecule has 0 spiro atoms. The van der Waals surface area contributed by atoms with Crippen LogP contribution in [0.4, 0.5) is 5.82 Å². The molecule has 3 atom stereocenters. The van der Waals surface area contributed by atoms with Gasteiger partial charge in [0.15, 0.2) is 5.65 Å². The van der Waals surface area contributed by atoms with E-state index in [1.54, 1.807) is 6.33 Å². The minimum absolute atomic E-state index is 0.314. The molecule has 0 radical (unpaired) electrons. The largest absolute Gasteiger partial charge is 0.373 e. The van der Waals surface area contributed by atoms with Gasteiger partial charge in [-0.25, -0.2) is 14.6 Å². The summed E-state index contributed by atoms with van der Waals surface area (Å²) in [5, 5.41) is 8.99. The summed E-state index contributed by atoms with van der Waals surface area (Å²) in [5.74, 6) is 0.846. The van der Waals surface area contributed by atoms with Crippen molar-refractivity contribution >= 4 is 16.9 Å². The van der Waals surface area contributed by atoms with E-state index < -0.39 is 0 Å². The monoisotopic (exact) mass is 307 g/mol. The van der Waals surface area contributed by atoms with Gasteiger partial charge in [-0.2, -0.15) is 5.10 Å². The van der Waals surface area contributed by atoms with Crippen LogP contribution in [0.25, 0.3) is 16.7 Å². The highest BCUT2D eigenvalue weighted by atomic mass is 16.5. The molecule has 2 bridgehead atoms. The Morgan fingerprint density at radius 2 is 2.04 bits per heavy atom. The molecule has 5 rings (SSSR count). The fraction of sp³-hybridized carbons (Fsp3) is 0.353. The Balaban J connectivity index is 1.52. The van der Waals surface area contributed by atoms with Gasteiger partial charge in [-0.05, 0) is 31.4 Å². The summed E-state index contributed by atoms with van der Waals surface area (Å²) in [6.45, 7) is 0. The summed E-state index contributed by atoms with van der Waals surface area (Å²) in [5.41, 5.74) is 1.81. The summed E-state index contributed by atoms with van der Waals surface area (Å²) < 4.78 is 7.76. The Hall–Kier alpha value is -2.47. The van der Waals surface area contributed by atoms with Gasteiger partial charge in [0.25, 0.3) is 0 Å². The lowest BCUT2D eigenvalue weighted by Crippen LogP contribution is -2.30. The molecule has 2 aliphatic rings. The number of para-hydroxylation sites is 1. The minimum Gasteiger partial charge on any atom is -0.373 e. The van der Waals surface area contributed by atoms with Gasteiger partial charge in [0, 0.05) is 0 Å². The van der Waals surface area contributed by atoms with Crippen LogP contribution in [-0.4, -0.2) is 38.0 Å². The minimum atomic E-state index is 0.314. The Morgan fingerprint density at radius 3 is 2.83 bits per heavy atom. The molecule has 2 saturated heterocycles. The van der Waals surface area contributed by atoms with Crippen LogP contribution in [0.2, 0.25) is 0 Å². The Labute approximate surface area is 133 Å². The van der Waals surface area contributed by atoms with Crippen molar-refractivity contribution in [1.29, 1.82) is 0 Å². The van der Waals surface area contributed by atoms with Crippen molar-refractivity contribution < 1.29 is 4.74 Å². The quantitative estimate of drug-likeness (QED) is 0.805. The molecule has 3 aromatic rings. The maximum absolute atomic E-state index is 5.92. The molecule has 2 aromatic heterocycles. The number of aromatic nitrogens is 4. The third-order valence-corrected chi connectivity index (χ3v) is 4.79. The number of nitrogens with one attached hydrogen (secondary N) is 1. The maximum atomic E-state index is 5.92. The van der Waals surface area contributed by atoms with Crippen molar-refractivity contribution in [2.45, 2.75) is 37.5 Å². The van der Waals surface area contributed by atoms with Crippen molar-refractivity contribution in [3.63, 3.8) is 0 Å². The Bertz CT molecular complexity index is 847. The second-order valence-electron chi connectivity index (χ2n) is 6.21. The number of hydrogen-bond donors (Lipinski definition) is 1. The third kappa shape index (κ3) is 2.09. The second-order valence-corrected chi connectivity index (χ2v) is 6.21. The van der Waals surface area contributed by atoms with Crippen LogP contribution in [0.5, 0.6) is 0 Å². The first-order chi connectivity index (χ1) is 11.4. The Kier molecular flexibility index (Phi) is 2.84. The van der Waals surface area contributed by atoms with Gasteiger partial charge in [-0.3, -0.25) is 0 Å². The SMILES string of the molecule is c1ccc(-n2ncc3c(NC4CC5CCC4O5)ncnc32)cc1. The first-order valence-corrected chi connectivity index (χ1v) is 8.04. The van der Waals surface area contributed by atoms with Crippen molar-refractivity contribution in [3.8, 4) is 5.69 Å². The zero-order valence-corrected chi connectivity index (χ0v) is 12.6. The molecule has 23 heavy (non-hydrogen) atoms. The summed E-state index contributed by atoms with van der Waals surface area (Å²) in [6, 6.07) is 10.4. The number of ether oxygens (including phenoxy) is 1. The average molecular weight is 307 g/mol. The Morgan fingerprint density at radius 1 is 1.13 bits per heavy atom. The zero-order valence-electron chi connectivity index (χ0n) is 12.6. The van der Waals surface area contributed by atoms with Crippen LogP contribution < -0.4 is 5.32 Å². The van der Waals surface area contributed by atoms with E-state index >= 15 is 0 Å². The van der Waals surface area contributed by atoms with Gasteiger partial charge in [-0.15, -0.1) is 0 Å². The highest BCUT2D eigenvalue weighted by Gasteiger charge is 2.41. The average Bonchev–Trinajstić information content (AvgIpc) is 3.31. The van der Waals surface area contributed by atoms with E-state index in [0.717, 1.165) is 35.4 Å². The van der Waals surface area contributed by atoms with E-state index in [4.69, 9.17) is 4.74 Å². The van der Waals surface area contributed by atoms with Crippen LogP contribution in [-0.2, 0) is 4.74 Å². The first-order valence-electron chi connectivity index (χ1n) is 8.04. The number of nitrogens with zero attached hydrogens (tertiary/aromatic N) is 4. The van der Waals surface area contributed by atoms with Gasteiger partial charge < -0.3 is 10.1 Å². The molecule has 1 aromatic carbocycles. The number of hydrogen-bond acceptors (Lipinski definition) is 5. The van der Waals surface area contributed by atoms with Crippen LogP contribution in [0.3, 0.4) is 0 Å². The smallest absolute Gasteiger partial charge is 0.168 e. The molecular formula is C17H17N5O.